The van der Waals surface area contributed by atoms with E-state index in [1.54, 1.807) is 0 Å². The molecule has 0 rings (SSSR count). The highest BCUT2D eigenvalue weighted by Gasteiger charge is 2.14. The van der Waals surface area contributed by atoms with Crippen molar-refractivity contribution in [2.75, 3.05) is 39.8 Å². The van der Waals surface area contributed by atoms with E-state index in [1.165, 1.54) is 0 Å². The van der Waals surface area contributed by atoms with Crippen LogP contribution in [-0.4, -0.2) is 61.4 Å². The normalized spacial score (nSPS) is 10.8. The van der Waals surface area contributed by atoms with Crippen molar-refractivity contribution in [1.82, 2.24) is 15.1 Å². The second-order valence-electron chi connectivity index (χ2n) is 4.51. The number of hydrogen-bond acceptors (Lipinski definition) is 2. The van der Waals surface area contributed by atoms with Crippen LogP contribution < -0.4 is 5.32 Å². The third-order valence-electron chi connectivity index (χ3n) is 2.96. The molecule has 0 heterocycles. The van der Waals surface area contributed by atoms with Crippen LogP contribution in [0.5, 0.6) is 0 Å². The zero-order valence-corrected chi connectivity index (χ0v) is 15.9. The monoisotopic (exact) mass is 398 g/mol. The Morgan fingerprint density at radius 2 is 1.75 bits per heavy atom. The minimum absolute atomic E-state index is 0. The van der Waals surface area contributed by atoms with Crippen molar-refractivity contribution in [3.8, 4) is 0 Å². The Labute approximate surface area is 141 Å². The maximum Gasteiger partial charge on any atom is 0.242 e. The fourth-order valence-electron chi connectivity index (χ4n) is 1.77. The van der Waals surface area contributed by atoms with Gasteiger partial charge in [-0.2, -0.15) is 0 Å². The van der Waals surface area contributed by atoms with Crippen LogP contribution in [0, 0.1) is 0 Å². The van der Waals surface area contributed by atoms with Crippen molar-refractivity contribution in [2.45, 2.75) is 40.5 Å². The number of nitrogens with one attached hydrogen (secondary N) is 1. The molecule has 0 radical (unpaired) electrons. The minimum Gasteiger partial charge on any atom is -0.357 e. The lowest BCUT2D eigenvalue weighted by atomic mass is 10.3. The molecule has 0 aromatic carbocycles. The smallest absolute Gasteiger partial charge is 0.242 e. The largest absolute Gasteiger partial charge is 0.357 e. The highest BCUT2D eigenvalue weighted by molar-refractivity contribution is 14.0. The highest BCUT2D eigenvalue weighted by atomic mass is 127. The predicted molar refractivity (Wildman–Crippen MR) is 96.9 cm³/mol. The average molecular weight is 398 g/mol. The van der Waals surface area contributed by atoms with Gasteiger partial charge in [-0.3, -0.25) is 9.79 Å². The third kappa shape index (κ3) is 8.60. The first-order valence-electron chi connectivity index (χ1n) is 7.37. The molecule has 0 aromatic heterocycles. The van der Waals surface area contributed by atoms with Crippen LogP contribution in [0.1, 0.15) is 40.5 Å². The molecule has 20 heavy (non-hydrogen) atoms. The summed E-state index contributed by atoms with van der Waals surface area (Å²) < 4.78 is 0. The first-order chi connectivity index (χ1) is 9.10. The lowest BCUT2D eigenvalue weighted by Gasteiger charge is -2.25. The van der Waals surface area contributed by atoms with Crippen molar-refractivity contribution in [3.05, 3.63) is 0 Å². The first kappa shape index (κ1) is 21.8. The van der Waals surface area contributed by atoms with Gasteiger partial charge in [0.25, 0.3) is 0 Å². The molecule has 120 valence electrons. The quantitative estimate of drug-likeness (QED) is 0.295. The van der Waals surface area contributed by atoms with E-state index in [9.17, 15) is 4.79 Å². The average Bonchev–Trinajstić information content (AvgIpc) is 2.39. The van der Waals surface area contributed by atoms with Gasteiger partial charge in [-0.05, 0) is 27.2 Å². The standard InChI is InChI=1S/C14H30N4O.HI/c1-6-10-11-16-14(15-7-2)17(5)12-13(19)18(8-3)9-4;/h6-12H2,1-5H3,(H,15,16);1H. The topological polar surface area (TPSA) is 47.9 Å². The summed E-state index contributed by atoms with van der Waals surface area (Å²) in [6.45, 7) is 11.7. The molecule has 0 aliphatic heterocycles. The van der Waals surface area contributed by atoms with Crippen molar-refractivity contribution in [2.24, 2.45) is 4.99 Å². The summed E-state index contributed by atoms with van der Waals surface area (Å²) in [4.78, 5) is 20.3. The maximum atomic E-state index is 12.1. The van der Waals surface area contributed by atoms with Crippen molar-refractivity contribution in [1.29, 1.82) is 0 Å². The van der Waals surface area contributed by atoms with Gasteiger partial charge in [-0.15, -0.1) is 24.0 Å². The van der Waals surface area contributed by atoms with Crippen LogP contribution in [0.25, 0.3) is 0 Å². The number of guanidine groups is 1. The molecule has 0 unspecified atom stereocenters. The van der Waals surface area contributed by atoms with Gasteiger partial charge in [-0.1, -0.05) is 13.3 Å². The Morgan fingerprint density at radius 3 is 2.20 bits per heavy atom. The molecular formula is C14H31IN4O. The number of unbranched alkanes of at least 4 members (excludes halogenated alkanes) is 1. The van der Waals surface area contributed by atoms with Gasteiger partial charge in [0.1, 0.15) is 0 Å². The number of amides is 1. The second-order valence-corrected chi connectivity index (χ2v) is 4.51. The van der Waals surface area contributed by atoms with Crippen LogP contribution in [0.2, 0.25) is 0 Å². The second kappa shape index (κ2) is 13.5. The number of halogens is 1. The molecule has 0 fully saturated rings. The lowest BCUT2D eigenvalue weighted by molar-refractivity contribution is -0.131. The maximum absolute atomic E-state index is 12.1. The summed E-state index contributed by atoms with van der Waals surface area (Å²) in [5, 5.41) is 3.23. The number of nitrogens with zero attached hydrogens (tertiary/aromatic N) is 3. The van der Waals surface area contributed by atoms with Gasteiger partial charge < -0.3 is 15.1 Å². The van der Waals surface area contributed by atoms with Crippen LogP contribution in [0.4, 0.5) is 0 Å². The Hall–Kier alpha value is -0.530. The molecule has 1 N–H and O–H groups in total. The lowest BCUT2D eigenvalue weighted by Crippen LogP contribution is -2.45. The van der Waals surface area contributed by atoms with Crippen LogP contribution >= 0.6 is 24.0 Å². The highest BCUT2D eigenvalue weighted by Crippen LogP contribution is 1.95. The number of hydrogen-bond donors (Lipinski definition) is 1. The fourth-order valence-corrected chi connectivity index (χ4v) is 1.77. The number of aliphatic imine (C=N–C) groups is 1. The van der Waals surface area contributed by atoms with Crippen molar-refractivity contribution >= 4 is 35.8 Å². The Balaban J connectivity index is 0. The van der Waals surface area contributed by atoms with Gasteiger partial charge in [0.2, 0.25) is 5.91 Å². The molecular weight excluding hydrogens is 367 g/mol. The molecule has 0 spiro atoms. The summed E-state index contributed by atoms with van der Waals surface area (Å²) in [7, 11) is 1.91. The number of rotatable bonds is 8. The SMILES string of the molecule is CCCCN=C(NCC)N(C)CC(=O)N(CC)CC.I. The molecule has 0 saturated carbocycles. The summed E-state index contributed by atoms with van der Waals surface area (Å²) in [5.41, 5.74) is 0. The first-order valence-corrected chi connectivity index (χ1v) is 7.37. The molecule has 0 aliphatic carbocycles. The zero-order chi connectivity index (χ0) is 14.7. The van der Waals surface area contributed by atoms with E-state index in [2.05, 4.69) is 17.2 Å². The van der Waals surface area contributed by atoms with E-state index in [0.29, 0.717) is 6.54 Å². The molecule has 0 bridgehead atoms. The predicted octanol–water partition coefficient (Wildman–Crippen LogP) is 2.17. The molecule has 0 aromatic rings. The van der Waals surface area contributed by atoms with E-state index >= 15 is 0 Å². The van der Waals surface area contributed by atoms with Gasteiger partial charge >= 0.3 is 0 Å². The summed E-state index contributed by atoms with van der Waals surface area (Å²) >= 11 is 0. The summed E-state index contributed by atoms with van der Waals surface area (Å²) in [5.74, 6) is 0.963. The Morgan fingerprint density at radius 1 is 1.15 bits per heavy atom. The van der Waals surface area contributed by atoms with E-state index in [4.69, 9.17) is 0 Å². The summed E-state index contributed by atoms with van der Waals surface area (Å²) in [6, 6.07) is 0. The van der Waals surface area contributed by atoms with Gasteiger partial charge in [0.05, 0.1) is 6.54 Å². The minimum atomic E-state index is 0. The molecule has 5 nitrogen and oxygen atoms in total. The van der Waals surface area contributed by atoms with E-state index in [0.717, 1.165) is 45.0 Å². The van der Waals surface area contributed by atoms with Gasteiger partial charge in [0, 0.05) is 33.2 Å². The molecule has 0 aliphatic rings. The number of carbonyl (C=O) groups is 1. The Bertz CT molecular complexity index is 280. The van der Waals surface area contributed by atoms with Crippen molar-refractivity contribution in [3.63, 3.8) is 0 Å². The fraction of sp³-hybridized carbons (Fsp3) is 0.857. The van der Waals surface area contributed by atoms with E-state index < -0.39 is 0 Å². The van der Waals surface area contributed by atoms with Crippen LogP contribution in [0.3, 0.4) is 0 Å². The molecule has 1 amide bonds. The van der Waals surface area contributed by atoms with Crippen LogP contribution in [-0.2, 0) is 4.79 Å². The van der Waals surface area contributed by atoms with Crippen molar-refractivity contribution < 1.29 is 4.79 Å². The number of likely N-dealkylation sites (N-methyl/N-ethyl adjacent to an activating group) is 2. The molecule has 6 heteroatoms. The summed E-state index contributed by atoms with van der Waals surface area (Å²) in [6.07, 6.45) is 2.21. The van der Waals surface area contributed by atoms with Gasteiger partial charge in [0.15, 0.2) is 5.96 Å². The van der Waals surface area contributed by atoms with E-state index in [-0.39, 0.29) is 29.9 Å². The van der Waals surface area contributed by atoms with Crippen LogP contribution in [0.15, 0.2) is 4.99 Å². The zero-order valence-electron chi connectivity index (χ0n) is 13.6. The third-order valence-corrected chi connectivity index (χ3v) is 2.96. The van der Waals surface area contributed by atoms with E-state index in [1.807, 2.05) is 37.6 Å². The molecule has 0 saturated heterocycles. The van der Waals surface area contributed by atoms with Gasteiger partial charge in [-0.25, -0.2) is 0 Å². The molecule has 0 atom stereocenters. The Kier molecular flexibility index (Phi) is 14.6. The number of carbonyl (C=O) groups excluding carboxylic acids is 1.